The second-order valence-corrected chi connectivity index (χ2v) is 4.50. The zero-order chi connectivity index (χ0) is 13.5. The first kappa shape index (κ1) is 13.3. The van der Waals surface area contributed by atoms with E-state index in [-0.39, 0.29) is 0 Å². The highest BCUT2D eigenvalue weighted by Crippen LogP contribution is 2.17. The molecule has 0 amide bonds. The lowest BCUT2D eigenvalue weighted by atomic mass is 10.1. The third-order valence-corrected chi connectivity index (χ3v) is 3.04. The van der Waals surface area contributed by atoms with Crippen LogP contribution < -0.4 is 4.74 Å². The Hall–Kier alpha value is -2.09. The van der Waals surface area contributed by atoms with Crippen molar-refractivity contribution in [3.63, 3.8) is 0 Å². The summed E-state index contributed by atoms with van der Waals surface area (Å²) in [6.07, 6.45) is 2.88. The van der Waals surface area contributed by atoms with E-state index in [1.807, 2.05) is 25.3 Å². The number of hydrogen-bond acceptors (Lipinski definition) is 2. The summed E-state index contributed by atoms with van der Waals surface area (Å²) in [5, 5.41) is 0. The highest BCUT2D eigenvalue weighted by molar-refractivity contribution is 5.80. The summed E-state index contributed by atoms with van der Waals surface area (Å²) in [7, 11) is 1.69. The van der Waals surface area contributed by atoms with Crippen molar-refractivity contribution in [2.45, 2.75) is 13.3 Å². The number of nitrogens with zero attached hydrogens (tertiary/aromatic N) is 1. The molecule has 0 atom stereocenters. The highest BCUT2D eigenvalue weighted by atomic mass is 16.5. The minimum Gasteiger partial charge on any atom is -0.496 e. The number of benzene rings is 2. The summed E-state index contributed by atoms with van der Waals surface area (Å²) < 4.78 is 5.30. The van der Waals surface area contributed by atoms with Crippen LogP contribution in [-0.2, 0) is 6.42 Å². The summed E-state index contributed by atoms with van der Waals surface area (Å²) in [6.45, 7) is 2.84. The van der Waals surface area contributed by atoms with Crippen LogP contribution in [0.2, 0.25) is 0 Å². The van der Waals surface area contributed by atoms with E-state index in [2.05, 4.69) is 41.4 Å². The SMILES string of the molecule is COc1cc(/C=N/CCc2ccccc2)ccc1C. The largest absolute Gasteiger partial charge is 0.496 e. The van der Waals surface area contributed by atoms with Gasteiger partial charge in [0.05, 0.1) is 7.11 Å². The van der Waals surface area contributed by atoms with Crippen LogP contribution in [0.15, 0.2) is 53.5 Å². The fraction of sp³-hybridized carbons (Fsp3) is 0.235. The topological polar surface area (TPSA) is 21.6 Å². The number of ether oxygens (including phenoxy) is 1. The van der Waals surface area contributed by atoms with Gasteiger partial charge in [-0.2, -0.15) is 0 Å². The van der Waals surface area contributed by atoms with Gasteiger partial charge in [-0.1, -0.05) is 42.5 Å². The van der Waals surface area contributed by atoms with Gasteiger partial charge in [-0.3, -0.25) is 4.99 Å². The Morgan fingerprint density at radius 3 is 2.63 bits per heavy atom. The number of aryl methyl sites for hydroxylation is 1. The molecule has 0 aliphatic heterocycles. The van der Waals surface area contributed by atoms with Gasteiger partial charge in [0.1, 0.15) is 5.75 Å². The first-order valence-electron chi connectivity index (χ1n) is 6.48. The molecule has 2 aromatic rings. The van der Waals surface area contributed by atoms with Crippen molar-refractivity contribution in [3.05, 3.63) is 65.2 Å². The minimum atomic E-state index is 0.806. The van der Waals surface area contributed by atoms with Crippen LogP contribution >= 0.6 is 0 Å². The van der Waals surface area contributed by atoms with Gasteiger partial charge in [0.15, 0.2) is 0 Å². The summed E-state index contributed by atoms with van der Waals surface area (Å²) in [5.74, 6) is 0.909. The smallest absolute Gasteiger partial charge is 0.122 e. The van der Waals surface area contributed by atoms with Crippen LogP contribution in [-0.4, -0.2) is 19.9 Å². The first-order chi connectivity index (χ1) is 9.29. The van der Waals surface area contributed by atoms with E-state index in [9.17, 15) is 0 Å². The van der Waals surface area contributed by atoms with Crippen molar-refractivity contribution in [1.29, 1.82) is 0 Å². The molecular formula is C17H19NO. The molecule has 2 heteroatoms. The maximum absolute atomic E-state index is 5.30. The molecule has 0 fully saturated rings. The van der Waals surface area contributed by atoms with Crippen LogP contribution in [0.3, 0.4) is 0 Å². The lowest BCUT2D eigenvalue weighted by Gasteiger charge is -2.04. The lowest BCUT2D eigenvalue weighted by molar-refractivity contribution is 0.411. The molecule has 0 radical (unpaired) electrons. The van der Waals surface area contributed by atoms with Gasteiger partial charge >= 0.3 is 0 Å². The fourth-order valence-electron chi connectivity index (χ4n) is 1.93. The van der Waals surface area contributed by atoms with Crippen molar-refractivity contribution in [3.8, 4) is 5.75 Å². The summed E-state index contributed by atoms with van der Waals surface area (Å²) in [5.41, 5.74) is 3.54. The van der Waals surface area contributed by atoms with Gasteiger partial charge in [0.25, 0.3) is 0 Å². The Balaban J connectivity index is 1.92. The van der Waals surface area contributed by atoms with Gasteiger partial charge in [0, 0.05) is 12.8 Å². The Morgan fingerprint density at radius 2 is 1.89 bits per heavy atom. The quantitative estimate of drug-likeness (QED) is 0.745. The zero-order valence-corrected chi connectivity index (χ0v) is 11.5. The molecule has 0 N–H and O–H groups in total. The van der Waals surface area contributed by atoms with E-state index in [0.29, 0.717) is 0 Å². The van der Waals surface area contributed by atoms with Crippen molar-refractivity contribution in [1.82, 2.24) is 0 Å². The molecule has 2 nitrogen and oxygen atoms in total. The maximum Gasteiger partial charge on any atom is 0.122 e. The van der Waals surface area contributed by atoms with E-state index in [1.165, 1.54) is 5.56 Å². The highest BCUT2D eigenvalue weighted by Gasteiger charge is 1.98. The van der Waals surface area contributed by atoms with Gasteiger partial charge in [-0.15, -0.1) is 0 Å². The molecule has 2 rings (SSSR count). The van der Waals surface area contributed by atoms with E-state index >= 15 is 0 Å². The molecule has 0 heterocycles. The number of hydrogen-bond donors (Lipinski definition) is 0. The monoisotopic (exact) mass is 253 g/mol. The van der Waals surface area contributed by atoms with E-state index in [1.54, 1.807) is 7.11 Å². The molecule has 0 saturated heterocycles. The second-order valence-electron chi connectivity index (χ2n) is 4.50. The molecule has 2 aromatic carbocycles. The zero-order valence-electron chi connectivity index (χ0n) is 11.5. The lowest BCUT2D eigenvalue weighted by Crippen LogP contribution is -1.92. The molecule has 98 valence electrons. The van der Waals surface area contributed by atoms with Crippen molar-refractivity contribution < 1.29 is 4.74 Å². The van der Waals surface area contributed by atoms with Crippen LogP contribution in [0, 0.1) is 6.92 Å². The second kappa shape index (κ2) is 6.74. The molecule has 0 aliphatic rings. The third-order valence-electron chi connectivity index (χ3n) is 3.04. The Kier molecular flexibility index (Phi) is 4.73. The first-order valence-corrected chi connectivity index (χ1v) is 6.48. The Labute approximate surface area is 114 Å². The predicted molar refractivity (Wildman–Crippen MR) is 80.3 cm³/mol. The minimum absolute atomic E-state index is 0.806. The van der Waals surface area contributed by atoms with Gasteiger partial charge in [-0.25, -0.2) is 0 Å². The molecule has 19 heavy (non-hydrogen) atoms. The third kappa shape index (κ3) is 3.95. The number of methoxy groups -OCH3 is 1. The molecule has 0 unspecified atom stereocenters. The average Bonchev–Trinajstić information content (AvgIpc) is 2.46. The van der Waals surface area contributed by atoms with Crippen molar-refractivity contribution in [2.75, 3.05) is 13.7 Å². The molecular weight excluding hydrogens is 234 g/mol. The Morgan fingerprint density at radius 1 is 1.11 bits per heavy atom. The molecule has 0 aromatic heterocycles. The Bertz CT molecular complexity index is 546. The summed E-state index contributed by atoms with van der Waals surface area (Å²) in [6, 6.07) is 16.5. The number of rotatable bonds is 5. The summed E-state index contributed by atoms with van der Waals surface area (Å²) in [4.78, 5) is 4.46. The maximum atomic E-state index is 5.30. The summed E-state index contributed by atoms with van der Waals surface area (Å²) >= 11 is 0. The van der Waals surface area contributed by atoms with Crippen LogP contribution in [0.25, 0.3) is 0 Å². The standard InChI is InChI=1S/C17H19NO/c1-14-8-9-16(12-17(14)19-2)13-18-11-10-15-6-4-3-5-7-15/h3-9,12-13H,10-11H2,1-2H3/b18-13+. The average molecular weight is 253 g/mol. The molecule has 0 spiro atoms. The van der Waals surface area contributed by atoms with Crippen molar-refractivity contribution >= 4 is 6.21 Å². The van der Waals surface area contributed by atoms with Gasteiger partial charge < -0.3 is 4.74 Å². The van der Waals surface area contributed by atoms with Crippen LogP contribution in [0.5, 0.6) is 5.75 Å². The molecule has 0 bridgehead atoms. The number of aliphatic imine (C=N–C) groups is 1. The van der Waals surface area contributed by atoms with E-state index in [0.717, 1.165) is 29.8 Å². The van der Waals surface area contributed by atoms with Gasteiger partial charge in [0.2, 0.25) is 0 Å². The van der Waals surface area contributed by atoms with E-state index in [4.69, 9.17) is 4.74 Å². The fourth-order valence-corrected chi connectivity index (χ4v) is 1.93. The molecule has 0 saturated carbocycles. The van der Waals surface area contributed by atoms with Crippen LogP contribution in [0.4, 0.5) is 0 Å². The molecule has 0 aliphatic carbocycles. The van der Waals surface area contributed by atoms with Crippen LogP contribution in [0.1, 0.15) is 16.7 Å². The normalized spacial score (nSPS) is 10.8. The predicted octanol–water partition coefficient (Wildman–Crippen LogP) is 3.67. The van der Waals surface area contributed by atoms with Gasteiger partial charge in [-0.05, 0) is 36.1 Å². The van der Waals surface area contributed by atoms with Crippen molar-refractivity contribution in [2.24, 2.45) is 4.99 Å². The van der Waals surface area contributed by atoms with E-state index < -0.39 is 0 Å².